The Balaban J connectivity index is 1.20. The molecule has 0 saturated carbocycles. The molecule has 0 fully saturated rings. The number of nitrogens with zero attached hydrogens (tertiary/aromatic N) is 3. The molecule has 52 heavy (non-hydrogen) atoms. The molecule has 0 amide bonds. The van der Waals surface area contributed by atoms with Crippen LogP contribution in [-0.4, -0.2) is 9.97 Å². The van der Waals surface area contributed by atoms with Crippen molar-refractivity contribution in [1.29, 1.82) is 0 Å². The molecule has 4 nitrogen and oxygen atoms in total. The molecule has 3 aromatic heterocycles. The minimum Gasteiger partial charge on any atom is -0.456 e. The molecule has 4 heteroatoms. The Morgan fingerprint density at radius 1 is 0.423 bits per heavy atom. The van der Waals surface area contributed by atoms with Gasteiger partial charge in [0.25, 0.3) is 0 Å². The largest absolute Gasteiger partial charge is 0.456 e. The fraction of sp³-hybridized carbons (Fsp3) is 0. The van der Waals surface area contributed by atoms with Gasteiger partial charge in [-0.3, -0.25) is 4.98 Å². The Bertz CT molecular complexity index is 2800. The average molecular weight is 666 g/mol. The summed E-state index contributed by atoms with van der Waals surface area (Å²) in [4.78, 5) is 12.4. The first-order chi connectivity index (χ1) is 25.8. The molecule has 0 saturated heterocycles. The van der Waals surface area contributed by atoms with Crippen LogP contribution in [0, 0.1) is 0 Å². The summed E-state index contributed by atoms with van der Waals surface area (Å²) in [5.74, 6) is 0. The molecule has 0 spiro atoms. The van der Waals surface area contributed by atoms with E-state index in [1.807, 2.05) is 36.5 Å². The number of hydrogen-bond donors (Lipinski definition) is 0. The van der Waals surface area contributed by atoms with Crippen LogP contribution >= 0.6 is 0 Å². The maximum atomic E-state index is 6.62. The molecule has 0 atom stereocenters. The van der Waals surface area contributed by atoms with Crippen LogP contribution in [0.25, 0.3) is 77.3 Å². The van der Waals surface area contributed by atoms with E-state index in [0.29, 0.717) is 0 Å². The third kappa shape index (κ3) is 5.17. The summed E-state index contributed by atoms with van der Waals surface area (Å²) in [5, 5.41) is 4.22. The van der Waals surface area contributed by atoms with E-state index in [1.54, 1.807) is 0 Å². The van der Waals surface area contributed by atoms with Crippen LogP contribution in [0.4, 0.5) is 17.1 Å². The number of aromatic nitrogens is 2. The van der Waals surface area contributed by atoms with Gasteiger partial charge in [-0.1, -0.05) is 127 Å². The van der Waals surface area contributed by atoms with Crippen molar-refractivity contribution in [1.82, 2.24) is 9.97 Å². The summed E-state index contributed by atoms with van der Waals surface area (Å²) in [5.41, 5.74) is 13.0. The predicted molar refractivity (Wildman–Crippen MR) is 215 cm³/mol. The van der Waals surface area contributed by atoms with E-state index < -0.39 is 0 Å². The van der Waals surface area contributed by atoms with Crippen molar-refractivity contribution < 1.29 is 4.42 Å². The Morgan fingerprint density at radius 2 is 1.00 bits per heavy atom. The van der Waals surface area contributed by atoms with Gasteiger partial charge in [-0.2, -0.15) is 0 Å². The molecule has 244 valence electrons. The maximum Gasteiger partial charge on any atom is 0.138 e. The number of fused-ring (bicyclic) bond motifs is 6. The zero-order valence-electron chi connectivity index (χ0n) is 28.1. The number of furan rings is 1. The highest BCUT2D eigenvalue weighted by molar-refractivity contribution is 6.14. The Morgan fingerprint density at radius 3 is 1.67 bits per heavy atom. The van der Waals surface area contributed by atoms with Crippen molar-refractivity contribution >= 4 is 60.8 Å². The molecule has 0 N–H and O–H groups in total. The lowest BCUT2D eigenvalue weighted by Crippen LogP contribution is -2.10. The zero-order valence-corrected chi connectivity index (χ0v) is 28.1. The second-order valence-electron chi connectivity index (χ2n) is 13.0. The molecule has 0 aliphatic rings. The monoisotopic (exact) mass is 665 g/mol. The van der Waals surface area contributed by atoms with E-state index in [2.05, 4.69) is 157 Å². The number of para-hydroxylation sites is 1. The van der Waals surface area contributed by atoms with Crippen LogP contribution in [0.2, 0.25) is 0 Å². The number of anilines is 3. The smallest absolute Gasteiger partial charge is 0.138 e. The van der Waals surface area contributed by atoms with Crippen LogP contribution in [0.3, 0.4) is 0 Å². The molecule has 0 radical (unpaired) electrons. The van der Waals surface area contributed by atoms with Crippen molar-refractivity contribution in [3.8, 4) is 33.5 Å². The third-order valence-electron chi connectivity index (χ3n) is 9.89. The van der Waals surface area contributed by atoms with Gasteiger partial charge in [0.15, 0.2) is 0 Å². The first-order valence-corrected chi connectivity index (χ1v) is 17.5. The second-order valence-corrected chi connectivity index (χ2v) is 13.0. The summed E-state index contributed by atoms with van der Waals surface area (Å²) in [6, 6.07) is 63.8. The van der Waals surface area contributed by atoms with Crippen molar-refractivity contribution in [3.05, 3.63) is 188 Å². The van der Waals surface area contributed by atoms with Crippen molar-refractivity contribution in [2.24, 2.45) is 0 Å². The zero-order chi connectivity index (χ0) is 34.4. The standard InChI is InChI=1S/C48H31N3O/c1-3-10-32(11-4-1)34-19-24-38(25-20-34)51(39-26-21-35(22-27-39)33-12-5-2-6-13-33)40-30-42(46-41-15-7-8-16-44(41)52-45(46)31-40)43-28-23-37-18-17-36-14-9-29-49-47(36)48(37)50-43/h1-31H. The van der Waals surface area contributed by atoms with Gasteiger partial charge in [0.1, 0.15) is 11.2 Å². The first-order valence-electron chi connectivity index (χ1n) is 17.5. The van der Waals surface area contributed by atoms with E-state index in [-0.39, 0.29) is 0 Å². The van der Waals surface area contributed by atoms with Crippen LogP contribution in [0.5, 0.6) is 0 Å². The van der Waals surface area contributed by atoms with Gasteiger partial charge < -0.3 is 9.32 Å². The van der Waals surface area contributed by atoms with E-state index in [1.165, 1.54) is 22.3 Å². The molecule has 7 aromatic carbocycles. The minimum atomic E-state index is 0.804. The molecule has 10 rings (SSSR count). The van der Waals surface area contributed by atoms with Gasteiger partial charge in [-0.25, -0.2) is 4.98 Å². The van der Waals surface area contributed by atoms with Crippen LogP contribution in [-0.2, 0) is 0 Å². The third-order valence-corrected chi connectivity index (χ3v) is 9.89. The molecule has 0 aliphatic carbocycles. The fourth-order valence-electron chi connectivity index (χ4n) is 7.36. The van der Waals surface area contributed by atoms with Gasteiger partial charge in [-0.05, 0) is 70.8 Å². The first kappa shape index (κ1) is 29.8. The molecular weight excluding hydrogens is 635 g/mol. The van der Waals surface area contributed by atoms with E-state index in [9.17, 15) is 0 Å². The minimum absolute atomic E-state index is 0.804. The number of benzene rings is 7. The molecule has 3 heterocycles. The topological polar surface area (TPSA) is 42.2 Å². The molecule has 10 aromatic rings. The van der Waals surface area contributed by atoms with Crippen molar-refractivity contribution in [2.75, 3.05) is 4.90 Å². The number of hydrogen-bond acceptors (Lipinski definition) is 4. The summed E-state index contributed by atoms with van der Waals surface area (Å²) >= 11 is 0. The van der Waals surface area contributed by atoms with Crippen molar-refractivity contribution in [3.63, 3.8) is 0 Å². The number of pyridine rings is 2. The van der Waals surface area contributed by atoms with E-state index in [4.69, 9.17) is 14.4 Å². The molecule has 0 aliphatic heterocycles. The Hall–Kier alpha value is -7.04. The van der Waals surface area contributed by atoms with Crippen LogP contribution in [0.15, 0.2) is 193 Å². The summed E-state index contributed by atoms with van der Waals surface area (Å²) < 4.78 is 6.62. The van der Waals surface area contributed by atoms with Gasteiger partial charge in [-0.15, -0.1) is 0 Å². The average Bonchev–Trinajstić information content (AvgIpc) is 3.60. The van der Waals surface area contributed by atoms with E-state index >= 15 is 0 Å². The van der Waals surface area contributed by atoms with Gasteiger partial charge in [0, 0.05) is 50.7 Å². The second kappa shape index (κ2) is 12.4. The maximum absolute atomic E-state index is 6.62. The Labute approximate surface area is 300 Å². The predicted octanol–water partition coefficient (Wildman–Crippen LogP) is 13.2. The summed E-state index contributed by atoms with van der Waals surface area (Å²) in [6.07, 6.45) is 1.84. The normalized spacial score (nSPS) is 11.5. The molecule has 0 bridgehead atoms. The van der Waals surface area contributed by atoms with Crippen LogP contribution in [0.1, 0.15) is 0 Å². The van der Waals surface area contributed by atoms with Gasteiger partial charge in [0.05, 0.1) is 22.4 Å². The van der Waals surface area contributed by atoms with Crippen LogP contribution < -0.4 is 4.90 Å². The highest BCUT2D eigenvalue weighted by Crippen LogP contribution is 2.44. The highest BCUT2D eigenvalue weighted by Gasteiger charge is 2.21. The number of rotatable bonds is 6. The van der Waals surface area contributed by atoms with Gasteiger partial charge >= 0.3 is 0 Å². The lowest BCUT2D eigenvalue weighted by Gasteiger charge is -2.26. The summed E-state index contributed by atoms with van der Waals surface area (Å²) in [6.45, 7) is 0. The fourth-order valence-corrected chi connectivity index (χ4v) is 7.36. The van der Waals surface area contributed by atoms with Gasteiger partial charge in [0.2, 0.25) is 0 Å². The highest BCUT2D eigenvalue weighted by atomic mass is 16.3. The van der Waals surface area contributed by atoms with E-state index in [0.717, 1.165) is 72.1 Å². The van der Waals surface area contributed by atoms with Crippen molar-refractivity contribution in [2.45, 2.75) is 0 Å². The lowest BCUT2D eigenvalue weighted by molar-refractivity contribution is 0.669. The quantitative estimate of drug-likeness (QED) is 0.166. The SMILES string of the molecule is c1ccc(-c2ccc(N(c3ccc(-c4ccccc4)cc3)c3cc(-c4ccc5ccc6cccnc6c5n4)c4c(c3)oc3ccccc34)cc2)cc1. The molecular formula is C48H31N3O. The lowest BCUT2D eigenvalue weighted by atomic mass is 9.99. The molecule has 0 unspecified atom stereocenters. The Kier molecular flexibility index (Phi) is 7.10. The summed E-state index contributed by atoms with van der Waals surface area (Å²) in [7, 11) is 0.